The Morgan fingerprint density at radius 3 is 2.60 bits per heavy atom. The first-order valence-corrected chi connectivity index (χ1v) is 7.69. The summed E-state index contributed by atoms with van der Waals surface area (Å²) in [6, 6.07) is -0.337. The summed E-state index contributed by atoms with van der Waals surface area (Å²) in [5, 5.41) is 9.02. The van der Waals surface area contributed by atoms with Crippen molar-refractivity contribution in [1.29, 1.82) is 0 Å². The first kappa shape index (κ1) is 17.4. The molecule has 0 spiro atoms. The number of carboxylic acid groups (broad SMARTS) is 1. The minimum Gasteiger partial charge on any atom is -0.480 e. The van der Waals surface area contributed by atoms with Gasteiger partial charge in [-0.2, -0.15) is 0 Å². The van der Waals surface area contributed by atoms with Gasteiger partial charge < -0.3 is 14.7 Å². The molecule has 1 heterocycles. The van der Waals surface area contributed by atoms with E-state index in [0.29, 0.717) is 0 Å². The smallest absolute Gasteiger partial charge is 0.320 e. The van der Waals surface area contributed by atoms with Gasteiger partial charge in [-0.3, -0.25) is 9.69 Å². The van der Waals surface area contributed by atoms with Gasteiger partial charge in [-0.15, -0.1) is 0 Å². The fraction of sp³-hybridized carbons (Fsp3) is 0.933. The fourth-order valence-corrected chi connectivity index (χ4v) is 2.79. The molecule has 0 bridgehead atoms. The van der Waals surface area contributed by atoms with Crippen molar-refractivity contribution in [3.8, 4) is 0 Å². The van der Waals surface area contributed by atoms with E-state index in [1.54, 1.807) is 14.0 Å². The highest BCUT2D eigenvalue weighted by molar-refractivity contribution is 5.72. The number of carboxylic acids is 1. The van der Waals surface area contributed by atoms with Crippen molar-refractivity contribution in [3.63, 3.8) is 0 Å². The first-order chi connectivity index (χ1) is 9.54. The largest absolute Gasteiger partial charge is 0.480 e. The molecule has 5 nitrogen and oxygen atoms in total. The molecule has 1 atom stereocenters. The molecule has 1 rings (SSSR count). The Morgan fingerprint density at radius 1 is 1.40 bits per heavy atom. The molecule has 1 saturated heterocycles. The Balaban J connectivity index is 2.12. The van der Waals surface area contributed by atoms with Crippen LogP contribution in [-0.2, 0) is 9.53 Å². The fourth-order valence-electron chi connectivity index (χ4n) is 2.79. The minimum atomic E-state index is -0.705. The molecule has 1 aliphatic heterocycles. The quantitative estimate of drug-likeness (QED) is 0.696. The van der Waals surface area contributed by atoms with Gasteiger partial charge in [0, 0.05) is 13.7 Å². The second-order valence-corrected chi connectivity index (χ2v) is 5.93. The zero-order chi connectivity index (χ0) is 15.0. The van der Waals surface area contributed by atoms with E-state index in [1.807, 2.05) is 0 Å². The number of hydrogen-bond donors (Lipinski definition) is 1. The summed E-state index contributed by atoms with van der Waals surface area (Å²) < 4.78 is 5.07. The van der Waals surface area contributed by atoms with Gasteiger partial charge >= 0.3 is 5.97 Å². The van der Waals surface area contributed by atoms with Crippen LogP contribution >= 0.6 is 0 Å². The number of methoxy groups -OCH3 is 1. The van der Waals surface area contributed by atoms with Gasteiger partial charge in [0.05, 0.1) is 6.61 Å². The summed E-state index contributed by atoms with van der Waals surface area (Å²) in [7, 11) is 3.87. The average Bonchev–Trinajstić information content (AvgIpc) is 2.45. The van der Waals surface area contributed by atoms with Gasteiger partial charge in [0.2, 0.25) is 0 Å². The van der Waals surface area contributed by atoms with Crippen LogP contribution in [0.3, 0.4) is 0 Å². The van der Waals surface area contributed by atoms with Crippen LogP contribution in [-0.4, -0.2) is 73.9 Å². The Kier molecular flexibility index (Phi) is 8.11. The van der Waals surface area contributed by atoms with Crippen molar-refractivity contribution in [2.45, 2.75) is 38.6 Å². The standard InChI is InChI=1S/C15H30N2O3/c1-13(15(18)19)17-9-6-14(7-10-17)5-4-8-16(2)11-12-20-3/h13-14H,4-12H2,1-3H3,(H,18,19). The molecule has 1 aliphatic rings. The van der Waals surface area contributed by atoms with Crippen LogP contribution in [0.15, 0.2) is 0 Å². The topological polar surface area (TPSA) is 53.0 Å². The number of carbonyl (C=O) groups is 1. The highest BCUT2D eigenvalue weighted by atomic mass is 16.5. The maximum absolute atomic E-state index is 11.0. The van der Waals surface area contributed by atoms with Crippen LogP contribution in [0.1, 0.15) is 32.6 Å². The Labute approximate surface area is 122 Å². The van der Waals surface area contributed by atoms with Gasteiger partial charge in [-0.1, -0.05) is 0 Å². The van der Waals surface area contributed by atoms with Crippen LogP contribution in [0.25, 0.3) is 0 Å². The molecule has 0 aromatic heterocycles. The van der Waals surface area contributed by atoms with E-state index < -0.39 is 5.97 Å². The van der Waals surface area contributed by atoms with Gasteiger partial charge in [0.1, 0.15) is 6.04 Å². The number of nitrogens with zero attached hydrogens (tertiary/aromatic N) is 2. The average molecular weight is 286 g/mol. The van der Waals surface area contributed by atoms with E-state index in [0.717, 1.165) is 51.5 Å². The van der Waals surface area contributed by atoms with Crippen LogP contribution in [0.5, 0.6) is 0 Å². The van der Waals surface area contributed by atoms with Crippen LogP contribution in [0.2, 0.25) is 0 Å². The molecule has 0 amide bonds. The zero-order valence-corrected chi connectivity index (χ0v) is 13.2. The number of ether oxygens (including phenoxy) is 1. The van der Waals surface area contributed by atoms with E-state index in [9.17, 15) is 4.79 Å². The van der Waals surface area contributed by atoms with Gasteiger partial charge in [-0.05, 0) is 65.2 Å². The number of likely N-dealkylation sites (N-methyl/N-ethyl adjacent to an activating group) is 1. The molecule has 118 valence electrons. The monoisotopic (exact) mass is 286 g/mol. The van der Waals surface area contributed by atoms with Crippen molar-refractivity contribution in [1.82, 2.24) is 9.80 Å². The molecule has 5 heteroatoms. The van der Waals surface area contributed by atoms with E-state index in [2.05, 4.69) is 16.8 Å². The van der Waals surface area contributed by atoms with Crippen LogP contribution in [0, 0.1) is 5.92 Å². The maximum atomic E-state index is 11.0. The molecule has 20 heavy (non-hydrogen) atoms. The van der Waals surface area contributed by atoms with Crippen molar-refractivity contribution in [3.05, 3.63) is 0 Å². The Bertz CT molecular complexity index is 278. The molecule has 0 aliphatic carbocycles. The van der Waals surface area contributed by atoms with Gasteiger partial charge in [-0.25, -0.2) is 0 Å². The molecular formula is C15H30N2O3. The Hall–Kier alpha value is -0.650. The molecule has 0 radical (unpaired) electrons. The molecule has 0 aromatic carbocycles. The van der Waals surface area contributed by atoms with Crippen LogP contribution in [0.4, 0.5) is 0 Å². The minimum absolute atomic E-state index is 0.337. The summed E-state index contributed by atoms with van der Waals surface area (Å²) in [6.45, 7) is 6.55. The number of hydrogen-bond acceptors (Lipinski definition) is 4. The van der Waals surface area contributed by atoms with Crippen molar-refractivity contribution < 1.29 is 14.6 Å². The number of aliphatic carboxylic acids is 1. The maximum Gasteiger partial charge on any atom is 0.320 e. The Morgan fingerprint density at radius 2 is 2.05 bits per heavy atom. The van der Waals surface area contributed by atoms with Crippen molar-refractivity contribution in [2.24, 2.45) is 5.92 Å². The number of piperidine rings is 1. The van der Waals surface area contributed by atoms with Gasteiger partial charge in [0.25, 0.3) is 0 Å². The summed E-state index contributed by atoms with van der Waals surface area (Å²) in [5.74, 6) is 0.0614. The third-order valence-electron chi connectivity index (χ3n) is 4.38. The molecule has 0 saturated carbocycles. The first-order valence-electron chi connectivity index (χ1n) is 7.69. The zero-order valence-electron chi connectivity index (χ0n) is 13.2. The highest BCUT2D eigenvalue weighted by Crippen LogP contribution is 2.23. The predicted octanol–water partition coefficient (Wildman–Crippen LogP) is 1.53. The third-order valence-corrected chi connectivity index (χ3v) is 4.38. The lowest BCUT2D eigenvalue weighted by atomic mass is 9.91. The highest BCUT2D eigenvalue weighted by Gasteiger charge is 2.25. The number of likely N-dealkylation sites (tertiary alicyclic amines) is 1. The molecule has 1 unspecified atom stereocenters. The summed E-state index contributed by atoms with van der Waals surface area (Å²) in [5.41, 5.74) is 0. The van der Waals surface area contributed by atoms with Crippen molar-refractivity contribution >= 4 is 5.97 Å². The number of rotatable bonds is 9. The van der Waals surface area contributed by atoms with E-state index >= 15 is 0 Å². The summed E-state index contributed by atoms with van der Waals surface area (Å²) >= 11 is 0. The van der Waals surface area contributed by atoms with Crippen molar-refractivity contribution in [2.75, 3.05) is 46.9 Å². The molecule has 1 N–H and O–H groups in total. The lowest BCUT2D eigenvalue weighted by Crippen LogP contribution is -2.44. The third kappa shape index (κ3) is 6.20. The predicted molar refractivity (Wildman–Crippen MR) is 80.0 cm³/mol. The van der Waals surface area contributed by atoms with E-state index in [-0.39, 0.29) is 6.04 Å². The summed E-state index contributed by atoms with van der Waals surface area (Å²) in [6.07, 6.45) is 4.75. The molecular weight excluding hydrogens is 256 g/mol. The SMILES string of the molecule is COCCN(C)CCCC1CCN(C(C)C(=O)O)CC1. The lowest BCUT2D eigenvalue weighted by molar-refractivity contribution is -0.143. The van der Waals surface area contributed by atoms with Gasteiger partial charge in [0.15, 0.2) is 0 Å². The van der Waals surface area contributed by atoms with E-state index in [1.165, 1.54) is 12.8 Å². The molecule has 0 aromatic rings. The second kappa shape index (κ2) is 9.32. The van der Waals surface area contributed by atoms with E-state index in [4.69, 9.17) is 9.84 Å². The normalized spacial score (nSPS) is 19.4. The molecule has 1 fully saturated rings. The van der Waals surface area contributed by atoms with Crippen LogP contribution < -0.4 is 0 Å². The lowest BCUT2D eigenvalue weighted by Gasteiger charge is -2.34. The summed E-state index contributed by atoms with van der Waals surface area (Å²) in [4.78, 5) is 15.4. The second-order valence-electron chi connectivity index (χ2n) is 5.93.